The second-order valence-corrected chi connectivity index (χ2v) is 4.72. The third kappa shape index (κ3) is 2.55. The summed E-state index contributed by atoms with van der Waals surface area (Å²) >= 11 is 0. The van der Waals surface area contributed by atoms with E-state index >= 15 is 0 Å². The molecule has 1 saturated carbocycles. The highest BCUT2D eigenvalue weighted by molar-refractivity contribution is 5.47. The van der Waals surface area contributed by atoms with E-state index in [0.29, 0.717) is 6.61 Å². The Morgan fingerprint density at radius 2 is 2.12 bits per heavy atom. The lowest BCUT2D eigenvalue weighted by atomic mass is 9.96. The second-order valence-electron chi connectivity index (χ2n) is 4.72. The van der Waals surface area contributed by atoms with Crippen LogP contribution in [0.4, 0.5) is 0 Å². The fourth-order valence-electron chi connectivity index (χ4n) is 2.17. The van der Waals surface area contributed by atoms with Crippen LogP contribution in [0.25, 0.3) is 0 Å². The van der Waals surface area contributed by atoms with Gasteiger partial charge in [-0.05, 0) is 43.2 Å². The first kappa shape index (κ1) is 12.2. The van der Waals surface area contributed by atoms with Crippen molar-refractivity contribution >= 4 is 0 Å². The van der Waals surface area contributed by atoms with Crippen LogP contribution in [0, 0.1) is 5.41 Å². The number of hydrogen-bond donors (Lipinski definition) is 1. The molecule has 0 spiro atoms. The van der Waals surface area contributed by atoms with E-state index in [4.69, 9.17) is 9.47 Å². The maximum atomic E-state index is 9.38. The van der Waals surface area contributed by atoms with Crippen LogP contribution in [0.15, 0.2) is 18.2 Å². The highest BCUT2D eigenvalue weighted by Crippen LogP contribution is 2.49. The van der Waals surface area contributed by atoms with Crippen LogP contribution in [-0.4, -0.2) is 25.4 Å². The van der Waals surface area contributed by atoms with Gasteiger partial charge >= 0.3 is 0 Å². The van der Waals surface area contributed by atoms with Crippen LogP contribution in [0.5, 0.6) is 11.5 Å². The Kier molecular flexibility index (Phi) is 3.57. The van der Waals surface area contributed by atoms with Crippen molar-refractivity contribution in [2.24, 2.45) is 5.41 Å². The number of benzene rings is 1. The highest BCUT2D eigenvalue weighted by atomic mass is 16.5. The number of aliphatic hydroxyl groups excluding tert-OH is 1. The normalized spacial score (nSPS) is 16.6. The molecule has 1 aromatic rings. The summed E-state index contributed by atoms with van der Waals surface area (Å²) in [6.45, 7) is 2.85. The lowest BCUT2D eigenvalue weighted by Gasteiger charge is -2.17. The van der Waals surface area contributed by atoms with Crippen LogP contribution in [0.1, 0.15) is 25.3 Å². The van der Waals surface area contributed by atoms with Gasteiger partial charge in [-0.15, -0.1) is 0 Å². The summed E-state index contributed by atoms with van der Waals surface area (Å²) in [7, 11) is 1.67. The van der Waals surface area contributed by atoms with Crippen molar-refractivity contribution in [2.45, 2.75) is 26.2 Å². The molecule has 1 aliphatic rings. The van der Waals surface area contributed by atoms with Gasteiger partial charge in [-0.3, -0.25) is 0 Å². The molecule has 0 unspecified atom stereocenters. The van der Waals surface area contributed by atoms with Gasteiger partial charge in [0.2, 0.25) is 0 Å². The van der Waals surface area contributed by atoms with Gasteiger partial charge in [0.25, 0.3) is 0 Å². The maximum Gasteiger partial charge on any atom is 0.163 e. The maximum absolute atomic E-state index is 9.38. The van der Waals surface area contributed by atoms with Gasteiger partial charge in [0.15, 0.2) is 11.5 Å². The lowest BCUT2D eigenvalue weighted by Crippen LogP contribution is -2.11. The SMILES string of the molecule is CCOc1cccc(CC2(CO)CC2)c1OC. The second kappa shape index (κ2) is 4.96. The van der Waals surface area contributed by atoms with Crippen LogP contribution in [0.3, 0.4) is 0 Å². The molecule has 1 fully saturated rings. The van der Waals surface area contributed by atoms with Crippen LogP contribution in [-0.2, 0) is 6.42 Å². The van der Waals surface area contributed by atoms with Crippen molar-refractivity contribution in [1.82, 2.24) is 0 Å². The number of para-hydroxylation sites is 1. The third-order valence-electron chi connectivity index (χ3n) is 3.42. The summed E-state index contributed by atoms with van der Waals surface area (Å²) in [5.74, 6) is 1.61. The molecule has 0 bridgehead atoms. The van der Waals surface area contributed by atoms with Gasteiger partial charge in [-0.1, -0.05) is 12.1 Å². The molecule has 94 valence electrons. The van der Waals surface area contributed by atoms with Crippen LogP contribution < -0.4 is 9.47 Å². The molecule has 2 rings (SSSR count). The highest BCUT2D eigenvalue weighted by Gasteiger charge is 2.42. The molecule has 0 aromatic heterocycles. The van der Waals surface area contributed by atoms with E-state index in [1.54, 1.807) is 7.11 Å². The Morgan fingerprint density at radius 3 is 2.65 bits per heavy atom. The molecule has 0 aliphatic heterocycles. The molecule has 0 heterocycles. The first-order valence-electron chi connectivity index (χ1n) is 6.14. The fourth-order valence-corrected chi connectivity index (χ4v) is 2.17. The van der Waals surface area contributed by atoms with Gasteiger partial charge in [0.05, 0.1) is 13.7 Å². The third-order valence-corrected chi connectivity index (χ3v) is 3.42. The monoisotopic (exact) mass is 236 g/mol. The summed E-state index contributed by atoms with van der Waals surface area (Å²) in [6.07, 6.45) is 3.07. The largest absolute Gasteiger partial charge is 0.493 e. The van der Waals surface area contributed by atoms with Gasteiger partial charge < -0.3 is 14.6 Å². The molecule has 1 N–H and O–H groups in total. The summed E-state index contributed by atoms with van der Waals surface area (Å²) in [6, 6.07) is 5.96. The van der Waals surface area contributed by atoms with E-state index in [9.17, 15) is 5.11 Å². The Hall–Kier alpha value is -1.22. The zero-order chi connectivity index (χ0) is 12.3. The van der Waals surface area contributed by atoms with E-state index in [-0.39, 0.29) is 12.0 Å². The molecule has 0 saturated heterocycles. The Labute approximate surface area is 102 Å². The Bertz CT molecular complexity index is 383. The van der Waals surface area contributed by atoms with Crippen LogP contribution >= 0.6 is 0 Å². The molecular weight excluding hydrogens is 216 g/mol. The molecule has 3 nitrogen and oxygen atoms in total. The molecule has 0 radical (unpaired) electrons. The number of methoxy groups -OCH3 is 1. The summed E-state index contributed by atoms with van der Waals surface area (Å²) < 4.78 is 11.0. The number of hydrogen-bond acceptors (Lipinski definition) is 3. The van der Waals surface area contributed by atoms with E-state index in [1.165, 1.54) is 0 Å². The predicted octanol–water partition coefficient (Wildman–Crippen LogP) is 2.41. The quantitative estimate of drug-likeness (QED) is 0.824. The van der Waals surface area contributed by atoms with Gasteiger partial charge in [-0.2, -0.15) is 0 Å². The molecule has 0 amide bonds. The van der Waals surface area contributed by atoms with Crippen molar-refractivity contribution in [2.75, 3.05) is 20.3 Å². The van der Waals surface area contributed by atoms with Gasteiger partial charge in [-0.25, -0.2) is 0 Å². The number of ether oxygens (including phenoxy) is 2. The first-order valence-corrected chi connectivity index (χ1v) is 6.14. The topological polar surface area (TPSA) is 38.7 Å². The molecule has 1 aliphatic carbocycles. The zero-order valence-corrected chi connectivity index (χ0v) is 10.5. The average Bonchev–Trinajstić information content (AvgIpc) is 3.10. The smallest absolute Gasteiger partial charge is 0.163 e. The fraction of sp³-hybridized carbons (Fsp3) is 0.571. The van der Waals surface area contributed by atoms with Crippen LogP contribution in [0.2, 0.25) is 0 Å². The molecular formula is C14H20O3. The minimum Gasteiger partial charge on any atom is -0.493 e. The predicted molar refractivity (Wildman–Crippen MR) is 66.6 cm³/mol. The van der Waals surface area contributed by atoms with Crippen molar-refractivity contribution in [3.8, 4) is 11.5 Å². The standard InChI is InChI=1S/C14H20O3/c1-3-17-12-6-4-5-11(13(12)16-2)9-14(10-15)7-8-14/h4-6,15H,3,7-10H2,1-2H3. The first-order chi connectivity index (χ1) is 8.24. The minimum absolute atomic E-state index is 0.0954. The minimum atomic E-state index is 0.0954. The summed E-state index contributed by atoms with van der Waals surface area (Å²) in [4.78, 5) is 0. The Balaban J connectivity index is 2.23. The molecule has 1 aromatic carbocycles. The lowest BCUT2D eigenvalue weighted by molar-refractivity contribution is 0.209. The van der Waals surface area contributed by atoms with E-state index in [0.717, 1.165) is 36.3 Å². The summed E-state index contributed by atoms with van der Waals surface area (Å²) in [5, 5.41) is 9.38. The van der Waals surface area contributed by atoms with E-state index in [2.05, 4.69) is 6.07 Å². The molecule has 0 atom stereocenters. The van der Waals surface area contributed by atoms with E-state index in [1.807, 2.05) is 19.1 Å². The number of rotatable bonds is 6. The van der Waals surface area contributed by atoms with Crippen molar-refractivity contribution in [3.63, 3.8) is 0 Å². The Morgan fingerprint density at radius 1 is 1.35 bits per heavy atom. The molecule has 3 heteroatoms. The number of aliphatic hydroxyl groups is 1. The van der Waals surface area contributed by atoms with Gasteiger partial charge in [0.1, 0.15) is 0 Å². The van der Waals surface area contributed by atoms with E-state index < -0.39 is 0 Å². The average molecular weight is 236 g/mol. The van der Waals surface area contributed by atoms with Gasteiger partial charge in [0, 0.05) is 6.61 Å². The van der Waals surface area contributed by atoms with Crippen molar-refractivity contribution in [1.29, 1.82) is 0 Å². The summed E-state index contributed by atoms with van der Waals surface area (Å²) in [5.41, 5.74) is 1.22. The van der Waals surface area contributed by atoms with Crippen molar-refractivity contribution < 1.29 is 14.6 Å². The zero-order valence-electron chi connectivity index (χ0n) is 10.5. The molecule has 17 heavy (non-hydrogen) atoms. The van der Waals surface area contributed by atoms with Crippen molar-refractivity contribution in [3.05, 3.63) is 23.8 Å².